The van der Waals surface area contributed by atoms with E-state index in [-0.39, 0.29) is 28.4 Å². The third kappa shape index (κ3) is 6.02. The quantitative estimate of drug-likeness (QED) is 0.186. The third-order valence-electron chi connectivity index (χ3n) is 7.04. The van der Waals surface area contributed by atoms with Gasteiger partial charge in [-0.3, -0.25) is 9.59 Å². The van der Waals surface area contributed by atoms with Crippen molar-refractivity contribution in [2.45, 2.75) is 73.3 Å². The number of hydrogen-bond donors (Lipinski definition) is 1. The maximum atomic E-state index is 13.3. The Labute approximate surface area is 245 Å². The molecule has 0 fully saturated rings. The van der Waals surface area contributed by atoms with Gasteiger partial charge >= 0.3 is 0 Å². The van der Waals surface area contributed by atoms with Crippen LogP contribution in [0.4, 0.5) is 0 Å². The minimum atomic E-state index is -0.110. The molecular weight excluding hydrogens is 528 g/mol. The first-order valence-corrected chi connectivity index (χ1v) is 14.4. The van der Waals surface area contributed by atoms with Crippen molar-refractivity contribution in [3.05, 3.63) is 71.3 Å². The first-order valence-electron chi connectivity index (χ1n) is 14.4. The van der Waals surface area contributed by atoms with Gasteiger partial charge in [0.25, 0.3) is 0 Å². The maximum Gasteiger partial charge on any atom is 0.205 e. The number of aromatic nitrogens is 8. The molecule has 10 heteroatoms. The van der Waals surface area contributed by atoms with E-state index in [4.69, 9.17) is 4.98 Å². The van der Waals surface area contributed by atoms with Crippen LogP contribution in [0.15, 0.2) is 48.5 Å². The van der Waals surface area contributed by atoms with Crippen LogP contribution < -0.4 is 0 Å². The number of aromatic amines is 1. The van der Waals surface area contributed by atoms with E-state index < -0.39 is 0 Å². The van der Waals surface area contributed by atoms with Gasteiger partial charge in [0.2, 0.25) is 5.82 Å². The van der Waals surface area contributed by atoms with Gasteiger partial charge in [-0.1, -0.05) is 83.1 Å². The van der Waals surface area contributed by atoms with Gasteiger partial charge < -0.3 is 4.57 Å². The number of tetrazole rings is 1. The van der Waals surface area contributed by atoms with E-state index in [9.17, 15) is 9.59 Å². The molecule has 5 rings (SSSR count). The number of fused-ring (bicyclic) bond motifs is 1. The molecule has 0 atom stereocenters. The van der Waals surface area contributed by atoms with Crippen molar-refractivity contribution in [3.63, 3.8) is 0 Å². The second-order valence-corrected chi connectivity index (χ2v) is 11.8. The molecule has 0 bridgehead atoms. The zero-order valence-corrected chi connectivity index (χ0v) is 24.8. The lowest BCUT2D eigenvalue weighted by Gasteiger charge is -2.19. The van der Waals surface area contributed by atoms with Crippen molar-refractivity contribution < 1.29 is 9.59 Å². The van der Waals surface area contributed by atoms with Crippen molar-refractivity contribution in [3.8, 4) is 22.5 Å². The van der Waals surface area contributed by atoms with Gasteiger partial charge in [0.15, 0.2) is 23.0 Å². The van der Waals surface area contributed by atoms with E-state index >= 15 is 0 Å². The number of carbonyl (C=O) groups excluding carboxylic acids is 2. The number of nitrogens with zero attached hydrogens (tertiary/aromatic N) is 7. The fourth-order valence-corrected chi connectivity index (χ4v) is 5.12. The predicted octanol–water partition coefficient (Wildman–Crippen LogP) is 6.28. The summed E-state index contributed by atoms with van der Waals surface area (Å²) in [7, 11) is 0. The minimum Gasteiger partial charge on any atom is -0.321 e. The lowest BCUT2D eigenvalue weighted by atomic mass is 9.92. The van der Waals surface area contributed by atoms with Crippen LogP contribution in [0.3, 0.4) is 0 Å². The average molecular weight is 565 g/mol. The van der Waals surface area contributed by atoms with Crippen LogP contribution in [0.1, 0.15) is 92.7 Å². The van der Waals surface area contributed by atoms with E-state index in [1.807, 2.05) is 38.1 Å². The summed E-state index contributed by atoms with van der Waals surface area (Å²) in [4.78, 5) is 31.3. The first-order chi connectivity index (χ1) is 20.2. The van der Waals surface area contributed by atoms with Crippen molar-refractivity contribution >= 4 is 22.6 Å². The third-order valence-corrected chi connectivity index (χ3v) is 7.04. The van der Waals surface area contributed by atoms with Crippen molar-refractivity contribution in [2.24, 2.45) is 5.41 Å². The SMILES string of the molecule is CCCC(=O)c1nnc(C(=O)CCC)c2c1nc(CC(C)(C)C)n2Cc1ccc(-c2ccccc2-c2nn[nH]n2)cc1. The average Bonchev–Trinajstić information content (AvgIpc) is 3.61. The van der Waals surface area contributed by atoms with Crippen LogP contribution in [0.2, 0.25) is 0 Å². The number of imidazole rings is 1. The number of rotatable bonds is 11. The topological polar surface area (TPSA) is 132 Å². The van der Waals surface area contributed by atoms with Crippen molar-refractivity contribution in [1.29, 1.82) is 0 Å². The van der Waals surface area contributed by atoms with Gasteiger partial charge in [0.05, 0.1) is 0 Å². The molecule has 0 aliphatic heterocycles. The summed E-state index contributed by atoms with van der Waals surface area (Å²) in [5, 5.41) is 23.1. The minimum absolute atomic E-state index is 0.0795. The number of carbonyl (C=O) groups is 2. The van der Waals surface area contributed by atoms with E-state index in [1.54, 1.807) is 0 Å². The van der Waals surface area contributed by atoms with E-state index in [2.05, 4.69) is 80.4 Å². The normalized spacial score (nSPS) is 11.7. The summed E-state index contributed by atoms with van der Waals surface area (Å²) in [5.74, 6) is 1.13. The maximum absolute atomic E-state index is 13.3. The summed E-state index contributed by atoms with van der Waals surface area (Å²) >= 11 is 0. The highest BCUT2D eigenvalue weighted by atomic mass is 16.1. The molecule has 0 aliphatic rings. The molecule has 3 heterocycles. The number of Topliss-reactive ketones (excluding diaryl/α,β-unsaturated/α-hetero) is 2. The predicted molar refractivity (Wildman–Crippen MR) is 161 cm³/mol. The molecule has 0 aliphatic carbocycles. The monoisotopic (exact) mass is 564 g/mol. The van der Waals surface area contributed by atoms with Gasteiger partial charge in [-0.05, 0) is 40.2 Å². The highest BCUT2D eigenvalue weighted by molar-refractivity contribution is 6.10. The summed E-state index contributed by atoms with van der Waals surface area (Å²) < 4.78 is 2.06. The lowest BCUT2D eigenvalue weighted by molar-refractivity contribution is 0.0963. The van der Waals surface area contributed by atoms with E-state index in [0.29, 0.717) is 55.5 Å². The molecule has 0 saturated heterocycles. The second-order valence-electron chi connectivity index (χ2n) is 11.8. The highest BCUT2D eigenvalue weighted by Crippen LogP contribution is 2.32. The van der Waals surface area contributed by atoms with Gasteiger partial charge in [0, 0.05) is 31.4 Å². The molecule has 0 saturated carbocycles. The van der Waals surface area contributed by atoms with Crippen molar-refractivity contribution in [1.82, 2.24) is 40.4 Å². The van der Waals surface area contributed by atoms with Gasteiger partial charge in [-0.2, -0.15) is 5.21 Å². The van der Waals surface area contributed by atoms with Crippen LogP contribution in [0.25, 0.3) is 33.5 Å². The van der Waals surface area contributed by atoms with Crippen LogP contribution in [0, 0.1) is 5.41 Å². The number of H-pyrrole nitrogens is 1. The van der Waals surface area contributed by atoms with Crippen LogP contribution >= 0.6 is 0 Å². The molecule has 3 aromatic heterocycles. The molecule has 0 unspecified atom stereocenters. The molecule has 0 spiro atoms. The molecule has 0 amide bonds. The molecule has 5 aromatic rings. The summed E-state index contributed by atoms with van der Waals surface area (Å²) in [6.07, 6.45) is 2.73. The zero-order valence-electron chi connectivity index (χ0n) is 24.8. The van der Waals surface area contributed by atoms with E-state index in [0.717, 1.165) is 28.1 Å². The molecule has 1 N–H and O–H groups in total. The highest BCUT2D eigenvalue weighted by Gasteiger charge is 2.27. The Bertz CT molecular complexity index is 1710. The fourth-order valence-electron chi connectivity index (χ4n) is 5.12. The Morgan fingerprint density at radius 1 is 0.833 bits per heavy atom. The van der Waals surface area contributed by atoms with Gasteiger partial charge in [-0.15, -0.1) is 20.4 Å². The van der Waals surface area contributed by atoms with E-state index in [1.165, 1.54) is 0 Å². The smallest absolute Gasteiger partial charge is 0.205 e. The van der Waals surface area contributed by atoms with Crippen LogP contribution in [0.5, 0.6) is 0 Å². The number of benzene rings is 2. The Balaban J connectivity index is 1.62. The largest absolute Gasteiger partial charge is 0.321 e. The number of nitrogens with one attached hydrogen (secondary N) is 1. The zero-order chi connectivity index (χ0) is 29.9. The lowest BCUT2D eigenvalue weighted by Crippen LogP contribution is -2.16. The molecule has 2 aromatic carbocycles. The number of ketones is 2. The molecular formula is C32H36N8O2. The van der Waals surface area contributed by atoms with Gasteiger partial charge in [0.1, 0.15) is 16.9 Å². The Morgan fingerprint density at radius 2 is 1.48 bits per heavy atom. The Kier molecular flexibility index (Phi) is 8.33. The second kappa shape index (κ2) is 12.1. The molecule has 0 radical (unpaired) electrons. The van der Waals surface area contributed by atoms with Crippen molar-refractivity contribution in [2.75, 3.05) is 0 Å². The Morgan fingerprint density at radius 3 is 2.10 bits per heavy atom. The van der Waals surface area contributed by atoms with Gasteiger partial charge in [-0.25, -0.2) is 4.98 Å². The van der Waals surface area contributed by atoms with Crippen LogP contribution in [-0.2, 0) is 13.0 Å². The Hall–Kier alpha value is -4.60. The fraction of sp³-hybridized carbons (Fsp3) is 0.375. The molecule has 42 heavy (non-hydrogen) atoms. The molecule has 10 nitrogen and oxygen atoms in total. The standard InChI is InChI=1S/C32H36N8O2/c1-6-10-24(41)27-29-30(28(35-34-27)25(42)11-7-2)40(26(33-29)18-32(3,4)5)19-20-14-16-21(17-15-20)22-12-8-9-13-23(22)31-36-38-39-37-31/h8-9,12-17H,6-7,10-11,18-19H2,1-5H3,(H,36,37,38,39). The number of hydrogen-bond acceptors (Lipinski definition) is 8. The summed E-state index contributed by atoms with van der Waals surface area (Å²) in [5.41, 5.74) is 5.41. The first kappa shape index (κ1) is 28.9. The molecule has 216 valence electrons. The van der Waals surface area contributed by atoms with Crippen LogP contribution in [-0.4, -0.2) is 51.9 Å². The summed E-state index contributed by atoms with van der Waals surface area (Å²) in [6.45, 7) is 10.8. The summed E-state index contributed by atoms with van der Waals surface area (Å²) in [6, 6.07) is 16.2.